The van der Waals surface area contributed by atoms with Gasteiger partial charge in [-0.2, -0.15) is 0 Å². The molecule has 3 aromatic carbocycles. The van der Waals surface area contributed by atoms with Gasteiger partial charge in [0.25, 0.3) is 5.82 Å². The number of aromatic hydroxyl groups is 1. The number of azo groups is 1. The summed E-state index contributed by atoms with van der Waals surface area (Å²) < 4.78 is 4.45. The first-order chi connectivity index (χ1) is 13.2. The van der Waals surface area contributed by atoms with Crippen LogP contribution in [-0.2, 0) is 0 Å². The highest BCUT2D eigenvalue weighted by atomic mass is 16.6. The quantitative estimate of drug-likeness (QED) is 0.405. The molecular weight excluding hydrogens is 344 g/mol. The number of nitrogen functional groups attached to an aromatic ring is 1. The molecule has 8 heteroatoms. The molecule has 0 saturated heterocycles. The van der Waals surface area contributed by atoms with Crippen molar-refractivity contribution in [1.29, 1.82) is 0 Å². The Balaban J connectivity index is 1.59. The minimum Gasteiger partial charge on any atom is -0.507 e. The molecule has 0 bridgehead atoms. The predicted octanol–water partition coefficient (Wildman–Crippen LogP) is 4.68. The van der Waals surface area contributed by atoms with Gasteiger partial charge in [-0.05, 0) is 51.4 Å². The van der Waals surface area contributed by atoms with Gasteiger partial charge in [-0.1, -0.05) is 30.3 Å². The molecular formula is C19H14N6O2. The van der Waals surface area contributed by atoms with E-state index in [4.69, 9.17) is 5.73 Å². The van der Waals surface area contributed by atoms with Crippen LogP contribution < -0.4 is 5.73 Å². The number of fused-ring (bicyclic) bond motifs is 1. The molecule has 3 N–H and O–H groups in total. The monoisotopic (exact) mass is 358 g/mol. The summed E-state index contributed by atoms with van der Waals surface area (Å²) in [5.41, 5.74) is 7.31. The summed E-state index contributed by atoms with van der Waals surface area (Å²) in [6.07, 6.45) is 1.57. The average molecular weight is 358 g/mol. The van der Waals surface area contributed by atoms with Crippen LogP contribution >= 0.6 is 0 Å². The summed E-state index contributed by atoms with van der Waals surface area (Å²) in [5, 5.41) is 27.1. The summed E-state index contributed by atoms with van der Waals surface area (Å²) in [6, 6.07) is 18.7. The second kappa shape index (κ2) is 7.04. The second-order valence-corrected chi connectivity index (χ2v) is 5.71. The van der Waals surface area contributed by atoms with Gasteiger partial charge < -0.3 is 10.8 Å². The van der Waals surface area contributed by atoms with E-state index < -0.39 is 0 Å². The molecule has 8 nitrogen and oxygen atoms in total. The molecule has 0 aliphatic carbocycles. The van der Waals surface area contributed by atoms with E-state index in [9.17, 15) is 5.11 Å². The van der Waals surface area contributed by atoms with Crippen LogP contribution in [0.3, 0.4) is 0 Å². The maximum atomic E-state index is 10.1. The Morgan fingerprint density at radius 2 is 1.70 bits per heavy atom. The van der Waals surface area contributed by atoms with Crippen molar-refractivity contribution in [2.45, 2.75) is 0 Å². The molecule has 27 heavy (non-hydrogen) atoms. The highest BCUT2D eigenvalue weighted by Crippen LogP contribution is 2.26. The SMILES string of the molecule is Nc1nonc1N=Nc1ccc(O)c(C=Nc2ccc3ccccc3c2)c1. The number of benzene rings is 3. The average Bonchev–Trinajstić information content (AvgIpc) is 3.11. The number of hydrogen-bond donors (Lipinski definition) is 2. The highest BCUT2D eigenvalue weighted by Gasteiger charge is 2.05. The number of nitrogens with zero attached hydrogens (tertiary/aromatic N) is 5. The lowest BCUT2D eigenvalue weighted by Gasteiger charge is -2.01. The number of aliphatic imine (C=N–C) groups is 1. The molecule has 1 aromatic heterocycles. The Hall–Kier alpha value is -4.07. The van der Waals surface area contributed by atoms with E-state index in [2.05, 4.69) is 30.2 Å². The zero-order chi connectivity index (χ0) is 18.6. The van der Waals surface area contributed by atoms with Gasteiger partial charge in [0.05, 0.1) is 11.4 Å². The fraction of sp³-hybridized carbons (Fsp3) is 0. The number of aromatic nitrogens is 2. The minimum absolute atomic E-state index is 0.0515. The van der Waals surface area contributed by atoms with Crippen molar-refractivity contribution >= 4 is 40.0 Å². The number of anilines is 1. The van der Waals surface area contributed by atoms with Crippen molar-refractivity contribution in [3.63, 3.8) is 0 Å². The first-order valence-electron chi connectivity index (χ1n) is 8.05. The van der Waals surface area contributed by atoms with E-state index >= 15 is 0 Å². The Labute approximate surface area is 153 Å². The standard InChI is InChI=1S/C19H14N6O2/c20-18-19(25-27-24-18)23-22-16-7-8-17(26)14(10-16)11-21-15-6-5-12-3-1-2-4-13(12)9-15/h1-11,26H,(H2,20,24). The normalized spacial score (nSPS) is 11.7. The Morgan fingerprint density at radius 3 is 2.52 bits per heavy atom. The van der Waals surface area contributed by atoms with Gasteiger partial charge >= 0.3 is 0 Å². The van der Waals surface area contributed by atoms with Crippen molar-refractivity contribution in [3.8, 4) is 5.75 Å². The molecule has 0 aliphatic heterocycles. The first kappa shape index (κ1) is 16.4. The fourth-order valence-electron chi connectivity index (χ4n) is 2.47. The van der Waals surface area contributed by atoms with Gasteiger partial charge in [0.15, 0.2) is 0 Å². The lowest BCUT2D eigenvalue weighted by molar-refractivity contribution is 0.310. The predicted molar refractivity (Wildman–Crippen MR) is 102 cm³/mol. The minimum atomic E-state index is 0.0515. The number of phenols is 1. The highest BCUT2D eigenvalue weighted by molar-refractivity contribution is 5.89. The van der Waals surface area contributed by atoms with Crippen molar-refractivity contribution < 1.29 is 9.74 Å². The molecule has 4 aromatic rings. The lowest BCUT2D eigenvalue weighted by atomic mass is 10.1. The maximum absolute atomic E-state index is 10.1. The third-order valence-corrected chi connectivity index (χ3v) is 3.85. The van der Waals surface area contributed by atoms with Crippen molar-refractivity contribution in [1.82, 2.24) is 10.3 Å². The lowest BCUT2D eigenvalue weighted by Crippen LogP contribution is -1.83. The van der Waals surface area contributed by atoms with Crippen LogP contribution in [0.5, 0.6) is 5.75 Å². The van der Waals surface area contributed by atoms with E-state index in [1.807, 2.05) is 42.5 Å². The Bertz CT molecular complexity index is 1170. The number of phenolic OH excluding ortho intramolecular Hbond substituents is 1. The summed E-state index contributed by atoms with van der Waals surface area (Å²) in [6.45, 7) is 0. The zero-order valence-corrected chi connectivity index (χ0v) is 14.0. The summed E-state index contributed by atoms with van der Waals surface area (Å²) in [5.74, 6) is 0.228. The molecule has 0 saturated carbocycles. The third-order valence-electron chi connectivity index (χ3n) is 3.85. The van der Waals surface area contributed by atoms with Crippen LogP contribution in [0.25, 0.3) is 10.8 Å². The van der Waals surface area contributed by atoms with Crippen LogP contribution in [0, 0.1) is 0 Å². The summed E-state index contributed by atoms with van der Waals surface area (Å²) >= 11 is 0. The molecule has 0 aliphatic rings. The van der Waals surface area contributed by atoms with Gasteiger partial charge in [-0.15, -0.1) is 10.2 Å². The van der Waals surface area contributed by atoms with Crippen molar-refractivity contribution in [2.75, 3.05) is 5.73 Å². The van der Waals surface area contributed by atoms with E-state index in [-0.39, 0.29) is 17.4 Å². The van der Waals surface area contributed by atoms with E-state index in [0.29, 0.717) is 11.3 Å². The second-order valence-electron chi connectivity index (χ2n) is 5.71. The topological polar surface area (TPSA) is 122 Å². The molecule has 1 heterocycles. The van der Waals surface area contributed by atoms with Crippen LogP contribution in [0.15, 0.2) is 80.5 Å². The largest absolute Gasteiger partial charge is 0.507 e. The van der Waals surface area contributed by atoms with E-state index in [1.165, 1.54) is 6.07 Å². The van der Waals surface area contributed by atoms with Gasteiger partial charge in [0.2, 0.25) is 5.82 Å². The maximum Gasteiger partial charge on any atom is 0.261 e. The molecule has 0 fully saturated rings. The van der Waals surface area contributed by atoms with Crippen LogP contribution in [0.1, 0.15) is 5.56 Å². The van der Waals surface area contributed by atoms with Crippen molar-refractivity contribution in [3.05, 3.63) is 66.2 Å². The fourth-order valence-corrected chi connectivity index (χ4v) is 2.47. The molecule has 0 atom stereocenters. The van der Waals surface area contributed by atoms with Gasteiger partial charge in [-0.25, -0.2) is 4.63 Å². The summed E-state index contributed by atoms with van der Waals surface area (Å²) in [7, 11) is 0. The summed E-state index contributed by atoms with van der Waals surface area (Å²) in [4.78, 5) is 4.44. The Kier molecular flexibility index (Phi) is 4.28. The van der Waals surface area contributed by atoms with Gasteiger partial charge in [0, 0.05) is 11.8 Å². The van der Waals surface area contributed by atoms with E-state index in [0.717, 1.165) is 16.5 Å². The molecule has 0 amide bonds. The van der Waals surface area contributed by atoms with Gasteiger partial charge in [-0.3, -0.25) is 4.99 Å². The van der Waals surface area contributed by atoms with Crippen LogP contribution in [0.2, 0.25) is 0 Å². The molecule has 0 spiro atoms. The number of nitrogens with two attached hydrogens (primary N) is 1. The molecule has 132 valence electrons. The molecule has 0 unspecified atom stereocenters. The molecule has 4 rings (SSSR count). The molecule has 0 radical (unpaired) electrons. The number of rotatable bonds is 4. The third kappa shape index (κ3) is 3.64. The number of hydrogen-bond acceptors (Lipinski definition) is 8. The zero-order valence-electron chi connectivity index (χ0n) is 14.0. The van der Waals surface area contributed by atoms with E-state index in [1.54, 1.807) is 18.3 Å². The van der Waals surface area contributed by atoms with Crippen LogP contribution in [0.4, 0.5) is 23.0 Å². The smallest absolute Gasteiger partial charge is 0.261 e. The Morgan fingerprint density at radius 1 is 0.889 bits per heavy atom. The first-order valence-corrected chi connectivity index (χ1v) is 8.05. The van der Waals surface area contributed by atoms with Crippen molar-refractivity contribution in [2.24, 2.45) is 15.2 Å². The van der Waals surface area contributed by atoms with Crippen LogP contribution in [-0.4, -0.2) is 21.6 Å². The van der Waals surface area contributed by atoms with Gasteiger partial charge in [0.1, 0.15) is 5.75 Å².